The van der Waals surface area contributed by atoms with Crippen LogP contribution in [0.3, 0.4) is 0 Å². The Morgan fingerprint density at radius 2 is 2.08 bits per heavy atom. The molecule has 136 valence electrons. The number of amides is 2. The SMILES string of the molecule is CCCCN1C(=O)C(C)(C(=O)Nc2ccccc2F)Oc2cccnc21. The maximum atomic E-state index is 13.9. The molecule has 1 aromatic carbocycles. The molecular formula is C19H20FN3O3. The average Bonchev–Trinajstić information content (AvgIpc) is 2.64. The molecule has 26 heavy (non-hydrogen) atoms. The Bertz CT molecular complexity index is 842. The molecular weight excluding hydrogens is 337 g/mol. The van der Waals surface area contributed by atoms with E-state index in [9.17, 15) is 14.0 Å². The standard InChI is InChI=1S/C19H20FN3O3/c1-3-4-12-23-16-15(10-7-11-21-16)26-19(2,18(23)25)17(24)22-14-9-6-5-8-13(14)20/h5-11H,3-4,12H2,1-2H3,(H,22,24). The fourth-order valence-corrected chi connectivity index (χ4v) is 2.75. The van der Waals surface area contributed by atoms with Gasteiger partial charge in [-0.2, -0.15) is 0 Å². The number of fused-ring (bicyclic) bond motifs is 1. The minimum Gasteiger partial charge on any atom is -0.464 e. The Labute approximate surface area is 151 Å². The lowest BCUT2D eigenvalue weighted by atomic mass is 10.0. The van der Waals surface area contributed by atoms with Gasteiger partial charge in [-0.3, -0.25) is 14.5 Å². The summed E-state index contributed by atoms with van der Waals surface area (Å²) in [5, 5.41) is 2.45. The zero-order valence-electron chi connectivity index (χ0n) is 14.7. The van der Waals surface area contributed by atoms with Crippen molar-refractivity contribution in [3.8, 4) is 5.75 Å². The van der Waals surface area contributed by atoms with Crippen molar-refractivity contribution >= 4 is 23.3 Å². The van der Waals surface area contributed by atoms with Gasteiger partial charge in [-0.05, 0) is 37.6 Å². The number of carbonyl (C=O) groups excluding carboxylic acids is 2. The first-order valence-corrected chi connectivity index (χ1v) is 8.49. The minimum absolute atomic E-state index is 0.00721. The number of halogens is 1. The molecule has 0 spiro atoms. The van der Waals surface area contributed by atoms with Crippen molar-refractivity contribution in [1.82, 2.24) is 4.98 Å². The fourth-order valence-electron chi connectivity index (χ4n) is 2.75. The van der Waals surface area contributed by atoms with Gasteiger partial charge >= 0.3 is 0 Å². The first kappa shape index (κ1) is 17.8. The normalized spacial score (nSPS) is 18.9. The molecule has 0 saturated carbocycles. The zero-order valence-corrected chi connectivity index (χ0v) is 14.7. The van der Waals surface area contributed by atoms with Crippen molar-refractivity contribution in [2.75, 3.05) is 16.8 Å². The van der Waals surface area contributed by atoms with E-state index in [-0.39, 0.29) is 5.69 Å². The number of unbranched alkanes of at least 4 members (excludes halogenated alkanes) is 1. The van der Waals surface area contributed by atoms with Gasteiger partial charge in [-0.1, -0.05) is 25.5 Å². The van der Waals surface area contributed by atoms with E-state index in [0.717, 1.165) is 12.8 Å². The number of anilines is 2. The predicted octanol–water partition coefficient (Wildman–Crippen LogP) is 3.14. The van der Waals surface area contributed by atoms with Gasteiger partial charge < -0.3 is 10.1 Å². The maximum Gasteiger partial charge on any atom is 0.282 e. The van der Waals surface area contributed by atoms with Gasteiger partial charge in [0.25, 0.3) is 17.4 Å². The molecule has 6 nitrogen and oxygen atoms in total. The van der Waals surface area contributed by atoms with Gasteiger partial charge in [0.1, 0.15) is 5.82 Å². The molecule has 3 rings (SSSR count). The molecule has 0 bridgehead atoms. The number of benzene rings is 1. The highest BCUT2D eigenvalue weighted by molar-refractivity contribution is 6.19. The highest BCUT2D eigenvalue weighted by atomic mass is 19.1. The molecule has 7 heteroatoms. The average molecular weight is 357 g/mol. The van der Waals surface area contributed by atoms with E-state index in [0.29, 0.717) is 18.1 Å². The second-order valence-corrected chi connectivity index (χ2v) is 6.20. The second-order valence-electron chi connectivity index (χ2n) is 6.20. The monoisotopic (exact) mass is 357 g/mol. The van der Waals surface area contributed by atoms with Crippen molar-refractivity contribution in [3.63, 3.8) is 0 Å². The van der Waals surface area contributed by atoms with Crippen molar-refractivity contribution in [2.24, 2.45) is 0 Å². The van der Waals surface area contributed by atoms with Gasteiger partial charge in [0.15, 0.2) is 11.6 Å². The van der Waals surface area contributed by atoms with Crippen LogP contribution >= 0.6 is 0 Å². The number of nitrogens with zero attached hydrogens (tertiary/aromatic N) is 2. The van der Waals surface area contributed by atoms with Gasteiger partial charge in [0.05, 0.1) is 5.69 Å². The van der Waals surface area contributed by atoms with Gasteiger partial charge in [-0.25, -0.2) is 9.37 Å². The van der Waals surface area contributed by atoms with Crippen molar-refractivity contribution < 1.29 is 18.7 Å². The maximum absolute atomic E-state index is 13.9. The Morgan fingerprint density at radius 1 is 1.31 bits per heavy atom. The predicted molar refractivity (Wildman–Crippen MR) is 95.6 cm³/mol. The smallest absolute Gasteiger partial charge is 0.282 e. The summed E-state index contributed by atoms with van der Waals surface area (Å²) in [5.41, 5.74) is -1.82. The third kappa shape index (κ3) is 3.12. The quantitative estimate of drug-likeness (QED) is 0.835. The first-order chi connectivity index (χ1) is 12.5. The van der Waals surface area contributed by atoms with E-state index in [2.05, 4.69) is 10.3 Å². The Kier molecular flexibility index (Phi) is 4.88. The van der Waals surface area contributed by atoms with E-state index in [1.54, 1.807) is 24.4 Å². The Balaban J connectivity index is 1.94. The number of para-hydroxylation sites is 1. The third-order valence-corrected chi connectivity index (χ3v) is 4.26. The van der Waals surface area contributed by atoms with E-state index in [1.807, 2.05) is 6.92 Å². The lowest BCUT2D eigenvalue weighted by Crippen LogP contribution is -2.61. The molecule has 1 N–H and O–H groups in total. The third-order valence-electron chi connectivity index (χ3n) is 4.26. The molecule has 0 saturated heterocycles. The summed E-state index contributed by atoms with van der Waals surface area (Å²) in [5.74, 6) is -1.11. The molecule has 0 fully saturated rings. The van der Waals surface area contributed by atoms with E-state index < -0.39 is 23.2 Å². The molecule has 2 heterocycles. The summed E-state index contributed by atoms with van der Waals surface area (Å²) < 4.78 is 19.6. The summed E-state index contributed by atoms with van der Waals surface area (Å²) >= 11 is 0. The molecule has 1 aliphatic rings. The number of rotatable bonds is 5. The zero-order chi connectivity index (χ0) is 18.7. The van der Waals surface area contributed by atoms with Gasteiger partial charge in [0, 0.05) is 12.7 Å². The van der Waals surface area contributed by atoms with Gasteiger partial charge in [0.2, 0.25) is 0 Å². The van der Waals surface area contributed by atoms with Crippen molar-refractivity contribution in [2.45, 2.75) is 32.3 Å². The minimum atomic E-state index is -1.81. The first-order valence-electron chi connectivity index (χ1n) is 8.49. The second kappa shape index (κ2) is 7.11. The van der Waals surface area contributed by atoms with Crippen LogP contribution in [0.5, 0.6) is 5.75 Å². The number of aromatic nitrogens is 1. The largest absolute Gasteiger partial charge is 0.464 e. The highest BCUT2D eigenvalue weighted by Crippen LogP contribution is 2.36. The summed E-state index contributed by atoms with van der Waals surface area (Å²) in [6, 6.07) is 9.09. The molecule has 1 atom stereocenters. The molecule has 1 aromatic heterocycles. The number of hydrogen-bond donors (Lipinski definition) is 1. The lowest BCUT2D eigenvalue weighted by Gasteiger charge is -2.38. The van der Waals surface area contributed by atoms with Crippen LogP contribution in [0.1, 0.15) is 26.7 Å². The molecule has 1 aliphatic heterocycles. The summed E-state index contributed by atoms with van der Waals surface area (Å²) in [6.07, 6.45) is 3.20. The summed E-state index contributed by atoms with van der Waals surface area (Å²) in [6.45, 7) is 3.82. The Hall–Kier alpha value is -2.96. The number of pyridine rings is 1. The molecule has 0 radical (unpaired) electrons. The number of carbonyl (C=O) groups is 2. The van der Waals surface area contributed by atoms with Crippen LogP contribution in [0.25, 0.3) is 0 Å². The summed E-state index contributed by atoms with van der Waals surface area (Å²) in [7, 11) is 0. The van der Waals surface area contributed by atoms with Crippen LogP contribution in [0.15, 0.2) is 42.6 Å². The lowest BCUT2D eigenvalue weighted by molar-refractivity contribution is -0.145. The van der Waals surface area contributed by atoms with Crippen molar-refractivity contribution in [3.05, 3.63) is 48.4 Å². The van der Waals surface area contributed by atoms with Crippen LogP contribution in [0.4, 0.5) is 15.9 Å². The molecule has 2 amide bonds. The number of ether oxygens (including phenoxy) is 1. The van der Waals surface area contributed by atoms with Crippen molar-refractivity contribution in [1.29, 1.82) is 0 Å². The van der Waals surface area contributed by atoms with Crippen LogP contribution < -0.4 is 15.0 Å². The molecule has 1 unspecified atom stereocenters. The number of nitrogens with one attached hydrogen (secondary N) is 1. The fraction of sp³-hybridized carbons (Fsp3) is 0.316. The number of hydrogen-bond acceptors (Lipinski definition) is 4. The molecule has 0 aliphatic carbocycles. The summed E-state index contributed by atoms with van der Waals surface area (Å²) in [4.78, 5) is 31.5. The van der Waals surface area contributed by atoms with E-state index in [1.165, 1.54) is 30.0 Å². The van der Waals surface area contributed by atoms with E-state index in [4.69, 9.17) is 4.74 Å². The highest BCUT2D eigenvalue weighted by Gasteiger charge is 2.51. The van der Waals surface area contributed by atoms with Crippen LogP contribution in [0, 0.1) is 5.82 Å². The topological polar surface area (TPSA) is 71.5 Å². The molecule has 2 aromatic rings. The Morgan fingerprint density at radius 3 is 2.81 bits per heavy atom. The van der Waals surface area contributed by atoms with Crippen LogP contribution in [0.2, 0.25) is 0 Å². The van der Waals surface area contributed by atoms with Crippen LogP contribution in [-0.4, -0.2) is 28.9 Å². The van der Waals surface area contributed by atoms with E-state index >= 15 is 0 Å². The van der Waals surface area contributed by atoms with Crippen LogP contribution in [-0.2, 0) is 9.59 Å². The van der Waals surface area contributed by atoms with Gasteiger partial charge in [-0.15, -0.1) is 0 Å².